The van der Waals surface area contributed by atoms with Gasteiger partial charge in [0.1, 0.15) is 0 Å². The van der Waals surface area contributed by atoms with E-state index in [9.17, 15) is 0 Å². The van der Waals surface area contributed by atoms with Gasteiger partial charge < -0.3 is 4.74 Å². The van der Waals surface area contributed by atoms with E-state index in [0.717, 1.165) is 18.0 Å². The van der Waals surface area contributed by atoms with Gasteiger partial charge >= 0.3 is 0 Å². The Kier molecular flexibility index (Phi) is 10.8. The predicted octanol–water partition coefficient (Wildman–Crippen LogP) is 8.99. The van der Waals surface area contributed by atoms with Gasteiger partial charge in [0.2, 0.25) is 0 Å². The summed E-state index contributed by atoms with van der Waals surface area (Å²) in [6.45, 7) is 5.00. The molecule has 0 aliphatic rings. The van der Waals surface area contributed by atoms with Gasteiger partial charge in [0.15, 0.2) is 5.90 Å². The molecule has 162 valence electrons. The van der Waals surface area contributed by atoms with Gasteiger partial charge in [0.05, 0.1) is 16.9 Å². The molecular weight excluding hydrogens is 459 g/mol. The van der Waals surface area contributed by atoms with Gasteiger partial charge in [-0.1, -0.05) is 112 Å². The maximum atomic E-state index is 6.15. The van der Waals surface area contributed by atoms with Crippen molar-refractivity contribution in [2.45, 2.75) is 34.6 Å². The Hall–Kier alpha value is -1.47. The van der Waals surface area contributed by atoms with Crippen molar-refractivity contribution in [3.05, 3.63) is 91.0 Å². The minimum atomic E-state index is 0.282. The van der Waals surface area contributed by atoms with Gasteiger partial charge in [-0.2, -0.15) is 0 Å². The van der Waals surface area contributed by atoms with E-state index in [2.05, 4.69) is 74.5 Å². The van der Waals surface area contributed by atoms with Crippen molar-refractivity contribution in [1.29, 1.82) is 0 Å². The minimum Gasteiger partial charge on any atom is -0.480 e. The highest BCUT2D eigenvalue weighted by molar-refractivity contribution is 8.85. The number of benzene rings is 3. The van der Waals surface area contributed by atoms with Crippen molar-refractivity contribution in [3.63, 3.8) is 0 Å². The molecule has 3 aromatic rings. The van der Waals surface area contributed by atoms with E-state index >= 15 is 0 Å². The normalized spacial score (nSPS) is 11.8. The fourth-order valence-electron chi connectivity index (χ4n) is 2.44. The van der Waals surface area contributed by atoms with Crippen LogP contribution in [0.5, 0.6) is 0 Å². The first-order valence-corrected chi connectivity index (χ1v) is 14.6. The summed E-state index contributed by atoms with van der Waals surface area (Å²) in [5, 5.41) is 0. The number of hydrogen-bond donors (Lipinski definition) is 0. The zero-order valence-electron chi connectivity index (χ0n) is 17.7. The third kappa shape index (κ3) is 9.69. The molecule has 0 aliphatic carbocycles. The summed E-state index contributed by atoms with van der Waals surface area (Å²) >= 11 is 0. The molecule has 0 saturated carbocycles. The maximum absolute atomic E-state index is 6.15. The molecule has 0 fully saturated rings. The monoisotopic (exact) mass is 485 g/mol. The van der Waals surface area contributed by atoms with Crippen molar-refractivity contribution in [3.8, 4) is 0 Å². The average Bonchev–Trinajstić information content (AvgIpc) is 2.81. The SMILES string of the molecule is CC(C)COC(CC(SSc1ccccc1)SSc1ccccc1)=Nc1ccccc1. The van der Waals surface area contributed by atoms with Crippen molar-refractivity contribution in [1.82, 2.24) is 0 Å². The van der Waals surface area contributed by atoms with Crippen molar-refractivity contribution in [2.75, 3.05) is 6.61 Å². The summed E-state index contributed by atoms with van der Waals surface area (Å²) in [4.78, 5) is 7.34. The Labute approximate surface area is 201 Å². The lowest BCUT2D eigenvalue weighted by atomic mass is 10.2. The highest BCUT2D eigenvalue weighted by Crippen LogP contribution is 2.47. The predicted molar refractivity (Wildman–Crippen MR) is 143 cm³/mol. The van der Waals surface area contributed by atoms with Crippen LogP contribution in [-0.2, 0) is 4.74 Å². The zero-order valence-corrected chi connectivity index (χ0v) is 21.0. The Morgan fingerprint density at radius 2 is 1.23 bits per heavy atom. The number of rotatable bonds is 11. The highest BCUT2D eigenvalue weighted by Gasteiger charge is 2.18. The van der Waals surface area contributed by atoms with E-state index in [-0.39, 0.29) is 4.58 Å². The first-order chi connectivity index (χ1) is 15.2. The molecule has 0 aromatic heterocycles. The zero-order chi connectivity index (χ0) is 21.7. The molecule has 2 nitrogen and oxygen atoms in total. The number of nitrogens with zero attached hydrogens (tertiary/aromatic N) is 1. The second kappa shape index (κ2) is 13.8. The summed E-state index contributed by atoms with van der Waals surface area (Å²) in [6, 6.07) is 31.1. The topological polar surface area (TPSA) is 21.6 Å². The van der Waals surface area contributed by atoms with Crippen LogP contribution >= 0.6 is 43.2 Å². The van der Waals surface area contributed by atoms with E-state index in [4.69, 9.17) is 9.73 Å². The Morgan fingerprint density at radius 3 is 1.71 bits per heavy atom. The molecule has 0 amide bonds. The van der Waals surface area contributed by atoms with Crippen LogP contribution < -0.4 is 0 Å². The maximum Gasteiger partial charge on any atom is 0.190 e. The van der Waals surface area contributed by atoms with E-state index in [0.29, 0.717) is 12.5 Å². The highest BCUT2D eigenvalue weighted by atomic mass is 33.1. The van der Waals surface area contributed by atoms with Crippen molar-refractivity contribution >= 4 is 54.8 Å². The molecule has 0 atom stereocenters. The molecule has 0 N–H and O–H groups in total. The molecule has 31 heavy (non-hydrogen) atoms. The molecular formula is C25H27NOS4. The summed E-state index contributed by atoms with van der Waals surface area (Å²) < 4.78 is 6.43. The smallest absolute Gasteiger partial charge is 0.190 e. The van der Waals surface area contributed by atoms with Crippen molar-refractivity contribution in [2.24, 2.45) is 10.9 Å². The third-order valence-electron chi connectivity index (χ3n) is 3.92. The Balaban J connectivity index is 1.72. The number of ether oxygens (including phenoxy) is 1. The summed E-state index contributed by atoms with van der Waals surface area (Å²) in [5.74, 6) is 1.25. The number of hydrogen-bond acceptors (Lipinski definition) is 6. The van der Waals surface area contributed by atoms with Gasteiger partial charge in [-0.15, -0.1) is 0 Å². The summed E-state index contributed by atoms with van der Waals surface area (Å²) in [6.07, 6.45) is 0.761. The Bertz CT molecular complexity index is 861. The van der Waals surface area contributed by atoms with Crippen LogP contribution in [0.1, 0.15) is 20.3 Å². The molecule has 0 unspecified atom stereocenters. The second-order valence-electron chi connectivity index (χ2n) is 7.16. The fourth-order valence-corrected chi connectivity index (χ4v) is 8.21. The molecule has 3 aromatic carbocycles. The number of para-hydroxylation sites is 1. The van der Waals surface area contributed by atoms with Crippen LogP contribution in [0.2, 0.25) is 0 Å². The van der Waals surface area contributed by atoms with Crippen LogP contribution in [0.15, 0.2) is 106 Å². The standard InChI is InChI=1S/C25H27NOS4/c1-20(2)19-27-24(26-21-12-6-3-7-13-21)18-25(30-28-22-14-8-4-9-15-22)31-29-23-16-10-5-11-17-23/h3-17,20,25H,18-19H2,1-2H3. The first-order valence-electron chi connectivity index (χ1n) is 10.2. The fraction of sp³-hybridized carbons (Fsp3) is 0.240. The summed E-state index contributed by atoms with van der Waals surface area (Å²) in [7, 11) is 7.35. The molecule has 0 saturated heterocycles. The largest absolute Gasteiger partial charge is 0.480 e. The lowest BCUT2D eigenvalue weighted by Crippen LogP contribution is -2.14. The quantitative estimate of drug-likeness (QED) is 0.117. The second-order valence-corrected chi connectivity index (χ2v) is 12.4. The van der Waals surface area contributed by atoms with Crippen LogP contribution in [0.4, 0.5) is 5.69 Å². The molecule has 0 heterocycles. The van der Waals surface area contributed by atoms with Gasteiger partial charge in [-0.25, -0.2) is 4.99 Å². The van der Waals surface area contributed by atoms with E-state index in [1.807, 2.05) is 73.5 Å². The minimum absolute atomic E-state index is 0.282. The van der Waals surface area contributed by atoms with Gasteiger partial charge in [0.25, 0.3) is 0 Å². The van der Waals surface area contributed by atoms with Gasteiger partial charge in [-0.3, -0.25) is 0 Å². The molecule has 0 aliphatic heterocycles. The van der Waals surface area contributed by atoms with Crippen LogP contribution in [-0.4, -0.2) is 17.1 Å². The molecule has 0 radical (unpaired) electrons. The summed E-state index contributed by atoms with van der Waals surface area (Å²) in [5.41, 5.74) is 0.932. The average molecular weight is 486 g/mol. The van der Waals surface area contributed by atoms with E-state index < -0.39 is 0 Å². The molecule has 6 heteroatoms. The number of aliphatic imine (C=N–C) groups is 1. The van der Waals surface area contributed by atoms with Crippen LogP contribution in [0, 0.1) is 5.92 Å². The molecule has 0 bridgehead atoms. The first kappa shape index (κ1) is 24.2. The molecule has 3 rings (SSSR count). The Morgan fingerprint density at radius 1 is 0.742 bits per heavy atom. The molecule has 0 spiro atoms. The van der Waals surface area contributed by atoms with Crippen LogP contribution in [0.3, 0.4) is 0 Å². The van der Waals surface area contributed by atoms with Crippen LogP contribution in [0.25, 0.3) is 0 Å². The lowest BCUT2D eigenvalue weighted by Gasteiger charge is -2.18. The van der Waals surface area contributed by atoms with E-state index in [1.54, 1.807) is 0 Å². The van der Waals surface area contributed by atoms with Crippen molar-refractivity contribution < 1.29 is 4.74 Å². The lowest BCUT2D eigenvalue weighted by molar-refractivity contribution is 0.253. The van der Waals surface area contributed by atoms with E-state index in [1.165, 1.54) is 9.79 Å². The van der Waals surface area contributed by atoms with Gasteiger partial charge in [-0.05, 0) is 42.3 Å². The van der Waals surface area contributed by atoms with Gasteiger partial charge in [0, 0.05) is 16.2 Å². The third-order valence-corrected chi connectivity index (χ3v) is 10.2.